The van der Waals surface area contributed by atoms with Crippen molar-refractivity contribution >= 4 is 0 Å². The lowest BCUT2D eigenvalue weighted by molar-refractivity contribution is -0.143. The molecule has 0 N–H and O–H groups in total. The Kier molecular flexibility index (Phi) is 6.64. The Labute approximate surface area is 197 Å². The van der Waals surface area contributed by atoms with E-state index >= 15 is 0 Å². The van der Waals surface area contributed by atoms with Crippen molar-refractivity contribution in [2.24, 2.45) is 0 Å². The first-order chi connectivity index (χ1) is 16.5. The number of pyridine rings is 1. The van der Waals surface area contributed by atoms with Gasteiger partial charge >= 0.3 is 12.4 Å². The van der Waals surface area contributed by atoms with Gasteiger partial charge in [-0.25, -0.2) is 0 Å². The Balaban J connectivity index is 1.61. The fourth-order valence-corrected chi connectivity index (χ4v) is 3.86. The molecule has 0 saturated heterocycles. The van der Waals surface area contributed by atoms with Gasteiger partial charge in [0, 0.05) is 18.8 Å². The molecule has 2 heterocycles. The first-order valence-electron chi connectivity index (χ1n) is 10.7. The van der Waals surface area contributed by atoms with Gasteiger partial charge in [-0.2, -0.15) is 26.3 Å². The van der Waals surface area contributed by atoms with Gasteiger partial charge in [0.25, 0.3) is 0 Å². The number of halogens is 6. The Morgan fingerprint density at radius 2 is 1.46 bits per heavy atom. The predicted octanol–water partition coefficient (Wildman–Crippen LogP) is 6.52. The zero-order chi connectivity index (χ0) is 25.2. The molecular formula is C25H20F6N4. The third-order valence-electron chi connectivity index (χ3n) is 5.61. The molecule has 0 amide bonds. The van der Waals surface area contributed by atoms with Crippen LogP contribution in [0.15, 0.2) is 67.0 Å². The molecular weight excluding hydrogens is 470 g/mol. The highest BCUT2D eigenvalue weighted by Crippen LogP contribution is 2.36. The van der Waals surface area contributed by atoms with Crippen LogP contribution in [0.25, 0.3) is 11.1 Å². The summed E-state index contributed by atoms with van der Waals surface area (Å²) >= 11 is 0. The van der Waals surface area contributed by atoms with E-state index in [0.29, 0.717) is 18.2 Å². The molecule has 0 fully saturated rings. The molecule has 0 bridgehead atoms. The summed E-state index contributed by atoms with van der Waals surface area (Å²) in [4.78, 5) is 4.20. The third-order valence-corrected chi connectivity index (χ3v) is 5.61. The SMILES string of the molecule is Cc1nnc(CCc2cc(C(F)(F)F)cc(C(F)(F)F)c2)n1Cc1cnccc1-c1ccccc1. The molecule has 0 spiro atoms. The molecule has 10 heteroatoms. The molecule has 0 aliphatic heterocycles. The van der Waals surface area contributed by atoms with E-state index in [2.05, 4.69) is 15.2 Å². The van der Waals surface area contributed by atoms with Crippen molar-refractivity contribution in [3.63, 3.8) is 0 Å². The Bertz CT molecular complexity index is 1280. The van der Waals surface area contributed by atoms with Crippen LogP contribution in [0.5, 0.6) is 0 Å². The van der Waals surface area contributed by atoms with E-state index in [0.717, 1.165) is 28.8 Å². The summed E-state index contributed by atoms with van der Waals surface area (Å²) in [5, 5.41) is 8.19. The van der Waals surface area contributed by atoms with E-state index in [9.17, 15) is 26.3 Å². The maximum atomic E-state index is 13.2. The molecule has 0 saturated carbocycles. The highest BCUT2D eigenvalue weighted by molar-refractivity contribution is 5.66. The molecule has 0 aliphatic rings. The lowest BCUT2D eigenvalue weighted by atomic mass is 10.0. The van der Waals surface area contributed by atoms with Crippen molar-refractivity contribution in [3.8, 4) is 11.1 Å². The van der Waals surface area contributed by atoms with Crippen molar-refractivity contribution in [1.82, 2.24) is 19.7 Å². The number of nitrogens with zero attached hydrogens (tertiary/aromatic N) is 4. The molecule has 35 heavy (non-hydrogen) atoms. The van der Waals surface area contributed by atoms with Crippen molar-refractivity contribution in [2.45, 2.75) is 38.7 Å². The number of aryl methyl sites for hydroxylation is 3. The molecule has 0 unspecified atom stereocenters. The van der Waals surface area contributed by atoms with Crippen molar-refractivity contribution in [3.05, 3.63) is 101 Å². The monoisotopic (exact) mass is 490 g/mol. The molecule has 4 nitrogen and oxygen atoms in total. The van der Waals surface area contributed by atoms with Crippen LogP contribution >= 0.6 is 0 Å². The van der Waals surface area contributed by atoms with Crippen LogP contribution in [0.3, 0.4) is 0 Å². The number of rotatable bonds is 6. The van der Waals surface area contributed by atoms with E-state index < -0.39 is 23.5 Å². The maximum absolute atomic E-state index is 13.2. The van der Waals surface area contributed by atoms with Crippen molar-refractivity contribution in [1.29, 1.82) is 0 Å². The van der Waals surface area contributed by atoms with Crippen molar-refractivity contribution in [2.75, 3.05) is 0 Å². The topological polar surface area (TPSA) is 43.6 Å². The van der Waals surface area contributed by atoms with Gasteiger partial charge in [0.1, 0.15) is 11.6 Å². The van der Waals surface area contributed by atoms with Crippen molar-refractivity contribution < 1.29 is 26.3 Å². The van der Waals surface area contributed by atoms with Crippen LogP contribution < -0.4 is 0 Å². The standard InChI is InChI=1S/C25H20F6N4/c1-16-33-34-23(8-7-17-11-20(24(26,27)28)13-21(12-17)25(29,30)31)35(16)15-19-14-32-10-9-22(19)18-5-3-2-4-6-18/h2-6,9-14H,7-8,15H2,1H3. The maximum Gasteiger partial charge on any atom is 0.416 e. The van der Waals surface area contributed by atoms with Gasteiger partial charge in [-0.1, -0.05) is 30.3 Å². The second kappa shape index (κ2) is 9.52. The normalized spacial score (nSPS) is 12.2. The fraction of sp³-hybridized carbons (Fsp3) is 0.240. The minimum Gasteiger partial charge on any atom is -0.311 e. The van der Waals surface area contributed by atoms with E-state index in [1.54, 1.807) is 23.9 Å². The summed E-state index contributed by atoms with van der Waals surface area (Å²) < 4.78 is 80.9. The summed E-state index contributed by atoms with van der Waals surface area (Å²) in [6.45, 7) is 2.09. The van der Waals surface area contributed by atoms with Gasteiger partial charge < -0.3 is 4.57 Å². The van der Waals surface area contributed by atoms with Crippen LogP contribution in [-0.2, 0) is 31.7 Å². The lowest BCUT2D eigenvalue weighted by Gasteiger charge is -2.15. The number of hydrogen-bond acceptors (Lipinski definition) is 3. The average Bonchev–Trinajstić information content (AvgIpc) is 3.16. The van der Waals surface area contributed by atoms with Gasteiger partial charge in [0.15, 0.2) is 0 Å². The van der Waals surface area contributed by atoms with Gasteiger partial charge in [0.2, 0.25) is 0 Å². The molecule has 182 valence electrons. The van der Waals surface area contributed by atoms with Crippen LogP contribution in [0, 0.1) is 6.92 Å². The summed E-state index contributed by atoms with van der Waals surface area (Å²) in [6.07, 6.45) is -6.34. The first-order valence-corrected chi connectivity index (χ1v) is 10.7. The Morgan fingerprint density at radius 1 is 0.800 bits per heavy atom. The Hall–Kier alpha value is -3.69. The number of alkyl halides is 6. The second-order valence-electron chi connectivity index (χ2n) is 8.06. The van der Waals surface area contributed by atoms with Gasteiger partial charge in [-0.15, -0.1) is 10.2 Å². The number of aromatic nitrogens is 4. The lowest BCUT2D eigenvalue weighted by Crippen LogP contribution is -2.13. The van der Waals surface area contributed by atoms with Gasteiger partial charge in [-0.3, -0.25) is 4.98 Å². The zero-order valence-electron chi connectivity index (χ0n) is 18.5. The van der Waals surface area contributed by atoms with Crippen LogP contribution in [-0.4, -0.2) is 19.7 Å². The molecule has 0 atom stereocenters. The third kappa shape index (κ3) is 5.70. The van der Waals surface area contributed by atoms with E-state index in [1.165, 1.54) is 0 Å². The largest absolute Gasteiger partial charge is 0.416 e. The molecule has 0 aliphatic carbocycles. The molecule has 0 radical (unpaired) electrons. The summed E-state index contributed by atoms with van der Waals surface area (Å²) in [5.74, 6) is 1.03. The highest BCUT2D eigenvalue weighted by atomic mass is 19.4. The summed E-state index contributed by atoms with van der Waals surface area (Å²) in [7, 11) is 0. The van der Waals surface area contributed by atoms with E-state index in [4.69, 9.17) is 0 Å². The molecule has 4 aromatic rings. The zero-order valence-corrected chi connectivity index (χ0v) is 18.5. The Morgan fingerprint density at radius 3 is 2.09 bits per heavy atom. The van der Waals surface area contributed by atoms with E-state index in [1.807, 2.05) is 36.4 Å². The van der Waals surface area contributed by atoms with Gasteiger partial charge in [0.05, 0.1) is 17.7 Å². The highest BCUT2D eigenvalue weighted by Gasteiger charge is 2.36. The number of benzene rings is 2. The quantitative estimate of drug-likeness (QED) is 0.289. The second-order valence-corrected chi connectivity index (χ2v) is 8.06. The molecule has 4 rings (SSSR count). The van der Waals surface area contributed by atoms with Crippen LogP contribution in [0.4, 0.5) is 26.3 Å². The number of hydrogen-bond donors (Lipinski definition) is 0. The smallest absolute Gasteiger partial charge is 0.311 e. The first kappa shape index (κ1) is 24.4. The van der Waals surface area contributed by atoms with Crippen LogP contribution in [0.1, 0.15) is 33.9 Å². The van der Waals surface area contributed by atoms with E-state index in [-0.39, 0.29) is 24.5 Å². The predicted molar refractivity (Wildman–Crippen MR) is 117 cm³/mol. The molecule has 2 aromatic carbocycles. The van der Waals surface area contributed by atoms with Gasteiger partial charge in [-0.05, 0) is 59.9 Å². The summed E-state index contributed by atoms with van der Waals surface area (Å²) in [5.41, 5.74) is 0.0748. The average molecular weight is 490 g/mol. The fourth-order valence-electron chi connectivity index (χ4n) is 3.86. The van der Waals surface area contributed by atoms with Crippen LogP contribution in [0.2, 0.25) is 0 Å². The minimum atomic E-state index is -4.89. The minimum absolute atomic E-state index is 0.0658. The summed E-state index contributed by atoms with van der Waals surface area (Å²) in [6, 6.07) is 13.2. The molecule has 2 aromatic heterocycles.